The minimum absolute atomic E-state index is 0.335. The molecule has 0 aliphatic rings. The first-order valence-corrected chi connectivity index (χ1v) is 6.58. The molecule has 0 spiro atoms. The molecule has 0 heterocycles. The predicted molar refractivity (Wildman–Crippen MR) is 78.4 cm³/mol. The Morgan fingerprint density at radius 2 is 1.83 bits per heavy atom. The fourth-order valence-corrected chi connectivity index (χ4v) is 1.91. The molecule has 18 heavy (non-hydrogen) atoms. The highest BCUT2D eigenvalue weighted by molar-refractivity contribution is 5.80. The molecule has 0 saturated heterocycles. The van der Waals surface area contributed by atoms with Crippen LogP contribution in [0.15, 0.2) is 48.1 Å². The van der Waals surface area contributed by atoms with Crippen molar-refractivity contribution in [1.29, 1.82) is 0 Å². The Bertz CT molecular complexity index is 438. The van der Waals surface area contributed by atoms with Crippen LogP contribution < -0.4 is 0 Å². The average molecular weight is 242 g/mol. The number of Topliss-reactive ketones (excluding diaryl/α,β-unsaturated/α-hetero) is 1. The zero-order chi connectivity index (χ0) is 13.4. The number of carbonyl (C=O) groups excluding carboxylic acids is 1. The van der Waals surface area contributed by atoms with Crippen LogP contribution in [-0.4, -0.2) is 5.78 Å². The Hall–Kier alpha value is -1.63. The van der Waals surface area contributed by atoms with Gasteiger partial charge in [0.2, 0.25) is 0 Å². The molecule has 0 aliphatic heterocycles. The molecule has 1 nitrogen and oxygen atoms in total. The van der Waals surface area contributed by atoms with Gasteiger partial charge in [-0.2, -0.15) is 0 Å². The lowest BCUT2D eigenvalue weighted by Crippen LogP contribution is -1.96. The fourth-order valence-electron chi connectivity index (χ4n) is 1.91. The number of ketones is 1. The number of benzene rings is 1. The van der Waals surface area contributed by atoms with Crippen LogP contribution in [-0.2, 0) is 4.79 Å². The summed E-state index contributed by atoms with van der Waals surface area (Å²) in [5, 5.41) is 0. The Morgan fingerprint density at radius 1 is 1.17 bits per heavy atom. The smallest absolute Gasteiger partial charge is 0.132 e. The second-order valence-corrected chi connectivity index (χ2v) is 4.45. The molecule has 0 atom stereocenters. The van der Waals surface area contributed by atoms with Crippen molar-refractivity contribution in [3.8, 4) is 0 Å². The summed E-state index contributed by atoms with van der Waals surface area (Å²) in [4.78, 5) is 11.4. The van der Waals surface area contributed by atoms with E-state index in [-0.39, 0.29) is 0 Å². The first-order valence-electron chi connectivity index (χ1n) is 6.58. The van der Waals surface area contributed by atoms with Gasteiger partial charge < -0.3 is 0 Å². The Kier molecular flexibility index (Phi) is 6.13. The summed E-state index contributed by atoms with van der Waals surface area (Å²) in [7, 11) is 0. The molecular formula is C17H22O. The van der Waals surface area contributed by atoms with Gasteiger partial charge in [-0.1, -0.05) is 55.0 Å². The topological polar surface area (TPSA) is 17.1 Å². The summed E-state index contributed by atoms with van der Waals surface area (Å²) in [5.74, 6) is 0.335. The lowest BCUT2D eigenvalue weighted by molar-refractivity contribution is -0.118. The van der Waals surface area contributed by atoms with Crippen LogP contribution in [0.25, 0.3) is 5.57 Å². The summed E-state index contributed by atoms with van der Waals surface area (Å²) in [6.07, 6.45) is 6.31. The maximum Gasteiger partial charge on any atom is 0.132 e. The van der Waals surface area contributed by atoms with Gasteiger partial charge in [-0.15, -0.1) is 0 Å². The lowest BCUT2D eigenvalue weighted by atomic mass is 9.96. The Morgan fingerprint density at radius 3 is 2.39 bits per heavy atom. The van der Waals surface area contributed by atoms with Gasteiger partial charge in [0.15, 0.2) is 0 Å². The maximum absolute atomic E-state index is 11.4. The van der Waals surface area contributed by atoms with Crippen molar-refractivity contribution in [2.45, 2.75) is 40.0 Å². The first kappa shape index (κ1) is 14.4. The Balaban J connectivity index is 2.92. The molecule has 1 aromatic rings. The molecule has 0 radical (unpaired) electrons. The van der Waals surface area contributed by atoms with Crippen LogP contribution in [0.5, 0.6) is 0 Å². The van der Waals surface area contributed by atoms with Gasteiger partial charge in [0.1, 0.15) is 5.78 Å². The SMILES string of the molecule is C/C=C\C(=C(\C)CCC(=O)CC)c1ccccc1. The van der Waals surface area contributed by atoms with Gasteiger partial charge in [0.05, 0.1) is 0 Å². The van der Waals surface area contributed by atoms with Crippen molar-refractivity contribution in [3.05, 3.63) is 53.6 Å². The van der Waals surface area contributed by atoms with Crippen molar-refractivity contribution in [1.82, 2.24) is 0 Å². The minimum Gasteiger partial charge on any atom is -0.300 e. The van der Waals surface area contributed by atoms with E-state index in [0.29, 0.717) is 18.6 Å². The third kappa shape index (κ3) is 4.33. The highest BCUT2D eigenvalue weighted by atomic mass is 16.1. The van der Waals surface area contributed by atoms with Crippen molar-refractivity contribution < 1.29 is 4.79 Å². The zero-order valence-electron chi connectivity index (χ0n) is 11.6. The third-order valence-electron chi connectivity index (χ3n) is 3.05. The van der Waals surface area contributed by atoms with E-state index in [0.717, 1.165) is 6.42 Å². The molecule has 0 unspecified atom stereocenters. The number of carbonyl (C=O) groups is 1. The second-order valence-electron chi connectivity index (χ2n) is 4.45. The van der Waals surface area contributed by atoms with Gasteiger partial charge in [-0.3, -0.25) is 4.79 Å². The van der Waals surface area contributed by atoms with E-state index in [9.17, 15) is 4.79 Å². The summed E-state index contributed by atoms with van der Waals surface area (Å²) < 4.78 is 0. The predicted octanol–water partition coefficient (Wildman–Crippen LogP) is 4.80. The highest BCUT2D eigenvalue weighted by Crippen LogP contribution is 2.23. The molecule has 0 amide bonds. The van der Waals surface area contributed by atoms with E-state index in [4.69, 9.17) is 0 Å². The molecule has 96 valence electrons. The second kappa shape index (κ2) is 7.65. The average Bonchev–Trinajstić information content (AvgIpc) is 2.42. The molecule has 0 bridgehead atoms. The molecule has 0 aliphatic carbocycles. The monoisotopic (exact) mass is 242 g/mol. The summed E-state index contributed by atoms with van der Waals surface area (Å²) in [6, 6.07) is 10.3. The fraction of sp³-hybridized carbons (Fsp3) is 0.353. The summed E-state index contributed by atoms with van der Waals surface area (Å²) >= 11 is 0. The minimum atomic E-state index is 0.335. The normalized spacial score (nSPS) is 12.6. The molecule has 0 N–H and O–H groups in total. The van der Waals surface area contributed by atoms with Crippen molar-refractivity contribution in [2.75, 3.05) is 0 Å². The van der Waals surface area contributed by atoms with Crippen LogP contribution >= 0.6 is 0 Å². The van der Waals surface area contributed by atoms with Crippen molar-refractivity contribution in [3.63, 3.8) is 0 Å². The quantitative estimate of drug-likeness (QED) is 0.655. The number of rotatable bonds is 6. The van der Waals surface area contributed by atoms with E-state index >= 15 is 0 Å². The van der Waals surface area contributed by atoms with E-state index < -0.39 is 0 Å². The first-order chi connectivity index (χ1) is 8.69. The standard InChI is InChI=1S/C17H22O/c1-4-9-17(15-10-7-6-8-11-15)14(3)12-13-16(18)5-2/h4,6-11H,5,12-13H2,1-3H3/b9-4-,17-14+. The van der Waals surface area contributed by atoms with E-state index in [2.05, 4.69) is 25.1 Å². The van der Waals surface area contributed by atoms with Gasteiger partial charge in [-0.05, 0) is 31.4 Å². The van der Waals surface area contributed by atoms with E-state index in [1.807, 2.05) is 38.1 Å². The van der Waals surface area contributed by atoms with Crippen LogP contribution in [0.4, 0.5) is 0 Å². The third-order valence-corrected chi connectivity index (χ3v) is 3.05. The van der Waals surface area contributed by atoms with Crippen LogP contribution in [0.1, 0.15) is 45.6 Å². The molecule has 0 aromatic heterocycles. The van der Waals surface area contributed by atoms with Crippen LogP contribution in [0.2, 0.25) is 0 Å². The zero-order valence-corrected chi connectivity index (χ0v) is 11.6. The Labute approximate surface area is 110 Å². The van der Waals surface area contributed by atoms with Gasteiger partial charge in [-0.25, -0.2) is 0 Å². The summed E-state index contributed by atoms with van der Waals surface area (Å²) in [6.45, 7) is 6.06. The van der Waals surface area contributed by atoms with Gasteiger partial charge >= 0.3 is 0 Å². The van der Waals surface area contributed by atoms with E-state index in [1.165, 1.54) is 16.7 Å². The van der Waals surface area contributed by atoms with Crippen LogP contribution in [0.3, 0.4) is 0 Å². The van der Waals surface area contributed by atoms with Crippen molar-refractivity contribution in [2.24, 2.45) is 0 Å². The molecule has 1 rings (SSSR count). The molecule has 1 aromatic carbocycles. The summed E-state index contributed by atoms with van der Waals surface area (Å²) in [5.41, 5.74) is 3.74. The largest absolute Gasteiger partial charge is 0.300 e. The molecule has 0 fully saturated rings. The number of hydrogen-bond acceptors (Lipinski definition) is 1. The van der Waals surface area contributed by atoms with Crippen LogP contribution in [0, 0.1) is 0 Å². The van der Waals surface area contributed by atoms with Crippen molar-refractivity contribution >= 4 is 11.4 Å². The maximum atomic E-state index is 11.4. The molecule has 1 heteroatoms. The molecule has 0 saturated carbocycles. The number of hydrogen-bond donors (Lipinski definition) is 0. The van der Waals surface area contributed by atoms with Gasteiger partial charge in [0.25, 0.3) is 0 Å². The molecular weight excluding hydrogens is 220 g/mol. The van der Waals surface area contributed by atoms with Gasteiger partial charge in [0, 0.05) is 12.8 Å². The highest BCUT2D eigenvalue weighted by Gasteiger charge is 2.05. The lowest BCUT2D eigenvalue weighted by Gasteiger charge is -2.09. The number of allylic oxidation sites excluding steroid dienone is 4. The van der Waals surface area contributed by atoms with E-state index in [1.54, 1.807) is 0 Å².